The highest BCUT2D eigenvalue weighted by atomic mass is 16.7. The minimum Gasteiger partial charge on any atom is -0.481 e. The molecule has 0 saturated carbocycles. The van der Waals surface area contributed by atoms with Crippen molar-refractivity contribution in [1.82, 2.24) is 15.7 Å². The van der Waals surface area contributed by atoms with E-state index in [4.69, 9.17) is 14.4 Å². The van der Waals surface area contributed by atoms with Crippen molar-refractivity contribution in [2.75, 3.05) is 13.2 Å². The third-order valence-electron chi connectivity index (χ3n) is 6.44. The first-order valence-corrected chi connectivity index (χ1v) is 13.7. The molecule has 0 bridgehead atoms. The Morgan fingerprint density at radius 3 is 2.49 bits per heavy atom. The Bertz CT molecular complexity index is 1280. The first-order valence-electron chi connectivity index (χ1n) is 13.7. The quantitative estimate of drug-likeness (QED) is 0.0893. The van der Waals surface area contributed by atoms with Crippen LogP contribution in [0, 0.1) is 5.92 Å². The van der Waals surface area contributed by atoms with Gasteiger partial charge >= 0.3 is 5.97 Å². The molecule has 10 heteroatoms. The molecule has 0 fully saturated rings. The summed E-state index contributed by atoms with van der Waals surface area (Å²) in [6.07, 6.45) is 4.94. The summed E-state index contributed by atoms with van der Waals surface area (Å²) in [6, 6.07) is 19.5. The van der Waals surface area contributed by atoms with Gasteiger partial charge < -0.3 is 20.2 Å². The van der Waals surface area contributed by atoms with Gasteiger partial charge in [0.1, 0.15) is 12.4 Å². The fourth-order valence-corrected chi connectivity index (χ4v) is 4.27. The van der Waals surface area contributed by atoms with Crippen molar-refractivity contribution >= 4 is 24.2 Å². The Morgan fingerprint density at radius 1 is 0.976 bits per heavy atom. The molecule has 3 amide bonds. The van der Waals surface area contributed by atoms with E-state index in [2.05, 4.69) is 17.6 Å². The number of benzene rings is 2. The van der Waals surface area contributed by atoms with Gasteiger partial charge in [-0.2, -0.15) is 0 Å². The molecular weight excluding hydrogens is 526 g/mol. The summed E-state index contributed by atoms with van der Waals surface area (Å²) in [5, 5.41) is 15.5. The highest BCUT2D eigenvalue weighted by Gasteiger charge is 2.22. The maximum atomic E-state index is 13.0. The van der Waals surface area contributed by atoms with E-state index in [1.165, 1.54) is 6.07 Å². The molecule has 3 aromatic rings. The lowest BCUT2D eigenvalue weighted by molar-refractivity contribution is -0.182. The number of furan rings is 1. The number of unbranched alkanes of at least 4 members (excludes halogenated alkanes) is 3. The average molecular weight is 564 g/mol. The Hall–Kier alpha value is -4.44. The highest BCUT2D eigenvalue weighted by molar-refractivity contribution is 5.92. The largest absolute Gasteiger partial charge is 0.481 e. The van der Waals surface area contributed by atoms with Crippen molar-refractivity contribution in [3.05, 3.63) is 83.6 Å². The number of aliphatic carboxylic acids is 1. The third-order valence-corrected chi connectivity index (χ3v) is 6.44. The van der Waals surface area contributed by atoms with Gasteiger partial charge in [0.05, 0.1) is 25.6 Å². The van der Waals surface area contributed by atoms with E-state index < -0.39 is 17.8 Å². The molecule has 10 nitrogen and oxygen atoms in total. The minimum absolute atomic E-state index is 0.0513. The highest BCUT2D eigenvalue weighted by Crippen LogP contribution is 2.23. The summed E-state index contributed by atoms with van der Waals surface area (Å²) in [4.78, 5) is 53.9. The predicted molar refractivity (Wildman–Crippen MR) is 152 cm³/mol. The predicted octanol–water partition coefficient (Wildman–Crippen LogP) is 4.55. The van der Waals surface area contributed by atoms with Gasteiger partial charge in [0.25, 0.3) is 5.91 Å². The van der Waals surface area contributed by atoms with E-state index in [1.54, 1.807) is 30.3 Å². The number of rotatable bonds is 18. The maximum Gasteiger partial charge on any atom is 0.307 e. The van der Waals surface area contributed by atoms with Crippen molar-refractivity contribution in [1.29, 1.82) is 0 Å². The zero-order valence-corrected chi connectivity index (χ0v) is 23.2. The summed E-state index contributed by atoms with van der Waals surface area (Å²) in [5.41, 5.74) is 2.17. The van der Waals surface area contributed by atoms with Crippen molar-refractivity contribution in [2.45, 2.75) is 52.1 Å². The molecule has 0 aliphatic carbocycles. The van der Waals surface area contributed by atoms with Gasteiger partial charge in [-0.15, -0.1) is 0 Å². The van der Waals surface area contributed by atoms with Gasteiger partial charge in [0.15, 0.2) is 5.76 Å². The van der Waals surface area contributed by atoms with Crippen LogP contribution < -0.4 is 10.6 Å². The zero-order valence-electron chi connectivity index (χ0n) is 23.2. The second-order valence-electron chi connectivity index (χ2n) is 9.67. The Labute approximate surface area is 239 Å². The molecule has 1 aromatic heterocycles. The van der Waals surface area contributed by atoms with Crippen LogP contribution in [0.5, 0.6) is 0 Å². The number of carbonyl (C=O) groups is 4. The zero-order chi connectivity index (χ0) is 29.5. The molecule has 0 aliphatic heterocycles. The summed E-state index contributed by atoms with van der Waals surface area (Å²) in [5.74, 6) is -1.80. The van der Waals surface area contributed by atoms with Crippen LogP contribution in [0.25, 0.3) is 11.3 Å². The van der Waals surface area contributed by atoms with Crippen LogP contribution in [0.3, 0.4) is 0 Å². The van der Waals surface area contributed by atoms with E-state index >= 15 is 0 Å². The monoisotopic (exact) mass is 563 g/mol. The Balaban J connectivity index is 1.54. The van der Waals surface area contributed by atoms with Gasteiger partial charge in [-0.3, -0.25) is 24.0 Å². The van der Waals surface area contributed by atoms with Crippen molar-refractivity contribution in [3.8, 4) is 11.3 Å². The first-order chi connectivity index (χ1) is 19.9. The second-order valence-corrected chi connectivity index (χ2v) is 9.67. The normalized spacial score (nSPS) is 11.4. The van der Waals surface area contributed by atoms with E-state index in [1.807, 2.05) is 30.3 Å². The summed E-state index contributed by atoms with van der Waals surface area (Å²) in [6.45, 7) is 2.27. The fraction of sp³-hybridized carbons (Fsp3) is 0.355. The Morgan fingerprint density at radius 2 is 1.76 bits per heavy atom. The summed E-state index contributed by atoms with van der Waals surface area (Å²) < 4.78 is 5.67. The molecule has 0 aliphatic rings. The summed E-state index contributed by atoms with van der Waals surface area (Å²) in [7, 11) is 0. The lowest BCUT2D eigenvalue weighted by Crippen LogP contribution is -2.43. The van der Waals surface area contributed by atoms with Crippen molar-refractivity contribution in [3.63, 3.8) is 0 Å². The van der Waals surface area contributed by atoms with Crippen LogP contribution in [0.15, 0.2) is 71.1 Å². The van der Waals surface area contributed by atoms with Crippen LogP contribution in [0.4, 0.5) is 0 Å². The van der Waals surface area contributed by atoms with Crippen molar-refractivity contribution in [2.24, 2.45) is 5.92 Å². The lowest BCUT2D eigenvalue weighted by Gasteiger charge is -2.23. The number of hydrogen-bond acceptors (Lipinski definition) is 6. The smallest absolute Gasteiger partial charge is 0.307 e. The first kappa shape index (κ1) is 31.1. The molecule has 1 atom stereocenters. The standard InChI is InChI=1S/C31H37N3O7/c1-2-3-4-8-13-26(19-34(22-35)40-20-23-10-6-5-7-11-23)30(38)32-21-33-31(39)28-16-15-27(41-28)25-14-9-12-24(17-25)18-29(36)37/h5-7,9-12,14-17,22,26H,2-4,8,13,18-21H2,1H3,(H,32,38)(H,33,39)(H,36,37)/t26-/m1/s1. The van der Waals surface area contributed by atoms with Gasteiger partial charge in [0, 0.05) is 5.56 Å². The molecule has 0 radical (unpaired) electrons. The molecule has 3 rings (SSSR count). The van der Waals surface area contributed by atoms with Gasteiger partial charge in [-0.1, -0.05) is 81.1 Å². The van der Waals surface area contributed by atoms with Crippen LogP contribution >= 0.6 is 0 Å². The number of nitrogens with one attached hydrogen (secondary N) is 2. The van der Waals surface area contributed by atoms with Crippen LogP contribution in [-0.4, -0.2) is 47.6 Å². The molecule has 1 heterocycles. The number of nitrogens with zero attached hydrogens (tertiary/aromatic N) is 1. The number of hydrogen-bond donors (Lipinski definition) is 3. The van der Waals surface area contributed by atoms with Crippen LogP contribution in [-0.2, 0) is 32.2 Å². The molecule has 41 heavy (non-hydrogen) atoms. The molecule has 0 spiro atoms. The summed E-state index contributed by atoms with van der Waals surface area (Å²) >= 11 is 0. The van der Waals surface area contributed by atoms with Crippen LogP contribution in [0.1, 0.15) is 60.7 Å². The molecule has 218 valence electrons. The number of amides is 3. The lowest BCUT2D eigenvalue weighted by atomic mass is 9.99. The Kier molecular flexibility index (Phi) is 12.6. The minimum atomic E-state index is -0.939. The third kappa shape index (κ3) is 10.6. The van der Waals surface area contributed by atoms with Gasteiger partial charge in [-0.25, -0.2) is 5.06 Å². The number of carboxylic acid groups (broad SMARTS) is 1. The van der Waals surface area contributed by atoms with E-state index in [9.17, 15) is 19.2 Å². The number of hydroxylamine groups is 2. The molecule has 0 unspecified atom stereocenters. The SMILES string of the molecule is CCCCCC[C@H](CN(C=O)OCc1ccccc1)C(=O)NCNC(=O)c1ccc(-c2cccc(CC(=O)O)c2)o1. The fourth-order valence-electron chi connectivity index (χ4n) is 4.27. The van der Waals surface area contributed by atoms with Gasteiger partial charge in [-0.05, 0) is 35.7 Å². The van der Waals surface area contributed by atoms with Crippen molar-refractivity contribution < 1.29 is 33.5 Å². The molecular formula is C31H37N3O7. The molecule has 2 aromatic carbocycles. The second kappa shape index (κ2) is 16.6. The van der Waals surface area contributed by atoms with Crippen LogP contribution in [0.2, 0.25) is 0 Å². The van der Waals surface area contributed by atoms with E-state index in [-0.39, 0.29) is 37.9 Å². The average Bonchev–Trinajstić information content (AvgIpc) is 3.47. The number of carbonyl (C=O) groups excluding carboxylic acids is 3. The number of carboxylic acids is 1. The molecule has 0 saturated heterocycles. The van der Waals surface area contributed by atoms with Gasteiger partial charge in [0.2, 0.25) is 12.3 Å². The van der Waals surface area contributed by atoms with E-state index in [0.717, 1.165) is 36.3 Å². The van der Waals surface area contributed by atoms with E-state index in [0.29, 0.717) is 29.7 Å². The maximum absolute atomic E-state index is 13.0. The molecule has 3 N–H and O–H groups in total. The topological polar surface area (TPSA) is 138 Å².